The molecule has 0 heterocycles. The first-order valence-corrected chi connectivity index (χ1v) is 6.73. The molecule has 2 aliphatic rings. The fourth-order valence-electron chi connectivity index (χ4n) is 2.78. The van der Waals surface area contributed by atoms with Crippen LogP contribution in [0.25, 0.3) is 0 Å². The molecule has 0 saturated heterocycles. The van der Waals surface area contributed by atoms with Crippen LogP contribution < -0.4 is 5.32 Å². The van der Waals surface area contributed by atoms with Gasteiger partial charge < -0.3 is 5.32 Å². The van der Waals surface area contributed by atoms with Gasteiger partial charge in [-0.25, -0.2) is 4.39 Å². The van der Waals surface area contributed by atoms with Crippen molar-refractivity contribution in [2.24, 2.45) is 5.92 Å². The van der Waals surface area contributed by atoms with Crippen molar-refractivity contribution in [3.05, 3.63) is 35.1 Å². The quantitative estimate of drug-likeness (QED) is 0.840. The number of halogens is 1. The molecule has 2 saturated carbocycles. The molecule has 0 spiro atoms. The van der Waals surface area contributed by atoms with Crippen molar-refractivity contribution >= 4 is 0 Å². The van der Waals surface area contributed by atoms with E-state index < -0.39 is 0 Å². The molecule has 2 atom stereocenters. The summed E-state index contributed by atoms with van der Waals surface area (Å²) in [6.45, 7) is 3.11. The van der Waals surface area contributed by atoms with Gasteiger partial charge in [-0.1, -0.05) is 17.7 Å². The average molecular weight is 233 g/mol. The van der Waals surface area contributed by atoms with E-state index in [1.165, 1.54) is 24.8 Å². The van der Waals surface area contributed by atoms with Crippen LogP contribution in [0, 0.1) is 18.7 Å². The van der Waals surface area contributed by atoms with E-state index in [-0.39, 0.29) is 5.82 Å². The van der Waals surface area contributed by atoms with Crippen LogP contribution in [0.15, 0.2) is 18.2 Å². The molecule has 0 aromatic heterocycles. The van der Waals surface area contributed by atoms with Crippen molar-refractivity contribution in [1.29, 1.82) is 0 Å². The Labute approximate surface area is 102 Å². The number of hydrogen-bond acceptors (Lipinski definition) is 1. The summed E-state index contributed by atoms with van der Waals surface area (Å²) in [7, 11) is 0. The first-order valence-electron chi connectivity index (χ1n) is 6.73. The molecular weight excluding hydrogens is 213 g/mol. The molecule has 17 heavy (non-hydrogen) atoms. The summed E-state index contributed by atoms with van der Waals surface area (Å²) >= 11 is 0. The average Bonchev–Trinajstić information content (AvgIpc) is 3.06. The van der Waals surface area contributed by atoms with E-state index in [4.69, 9.17) is 0 Å². The van der Waals surface area contributed by atoms with Crippen molar-refractivity contribution in [2.45, 2.75) is 44.6 Å². The highest BCUT2D eigenvalue weighted by Gasteiger charge is 2.34. The van der Waals surface area contributed by atoms with Gasteiger partial charge in [0.05, 0.1) is 0 Å². The van der Waals surface area contributed by atoms with Gasteiger partial charge in [0.2, 0.25) is 0 Å². The van der Waals surface area contributed by atoms with Crippen LogP contribution in [0.4, 0.5) is 4.39 Å². The standard InChI is InChI=1S/C15H20FN/c1-10-2-7-15(16)14(8-10)13-6-3-11(13)9-17-12-4-5-12/h2,7-8,11-13,17H,3-6,9H2,1H3. The minimum atomic E-state index is -0.0169. The van der Waals surface area contributed by atoms with Gasteiger partial charge in [-0.3, -0.25) is 0 Å². The second-order valence-electron chi connectivity index (χ2n) is 5.65. The lowest BCUT2D eigenvalue weighted by molar-refractivity contribution is 0.240. The minimum absolute atomic E-state index is 0.0169. The van der Waals surface area contributed by atoms with Gasteiger partial charge in [-0.2, -0.15) is 0 Å². The highest BCUT2D eigenvalue weighted by atomic mass is 19.1. The number of rotatable bonds is 4. The predicted octanol–water partition coefficient (Wildman–Crippen LogP) is 3.38. The van der Waals surface area contributed by atoms with Crippen LogP contribution in [0.2, 0.25) is 0 Å². The summed E-state index contributed by atoms with van der Waals surface area (Å²) in [6.07, 6.45) is 5.06. The van der Waals surface area contributed by atoms with Gasteiger partial charge in [0.25, 0.3) is 0 Å². The molecule has 0 amide bonds. The Balaban J connectivity index is 1.67. The largest absolute Gasteiger partial charge is 0.314 e. The van der Waals surface area contributed by atoms with Crippen LogP contribution in [0.3, 0.4) is 0 Å². The summed E-state index contributed by atoms with van der Waals surface area (Å²) in [5.41, 5.74) is 2.11. The second kappa shape index (κ2) is 4.41. The van der Waals surface area contributed by atoms with E-state index in [1.54, 1.807) is 6.07 Å². The molecule has 2 unspecified atom stereocenters. The van der Waals surface area contributed by atoms with Gasteiger partial charge >= 0.3 is 0 Å². The third-order valence-corrected chi connectivity index (χ3v) is 4.21. The van der Waals surface area contributed by atoms with E-state index in [0.717, 1.165) is 24.6 Å². The van der Waals surface area contributed by atoms with Crippen LogP contribution in [-0.4, -0.2) is 12.6 Å². The Morgan fingerprint density at radius 2 is 2.06 bits per heavy atom. The third-order valence-electron chi connectivity index (χ3n) is 4.21. The van der Waals surface area contributed by atoms with Crippen LogP contribution in [-0.2, 0) is 0 Å². The monoisotopic (exact) mass is 233 g/mol. The molecule has 2 fully saturated rings. The summed E-state index contributed by atoms with van der Waals surface area (Å²) in [5.74, 6) is 1.07. The van der Waals surface area contributed by atoms with E-state index in [0.29, 0.717) is 11.8 Å². The first kappa shape index (κ1) is 11.2. The molecule has 1 aromatic rings. The number of hydrogen-bond donors (Lipinski definition) is 1. The van der Waals surface area contributed by atoms with Crippen LogP contribution in [0.1, 0.15) is 42.7 Å². The number of benzene rings is 1. The lowest BCUT2D eigenvalue weighted by atomic mass is 9.69. The molecule has 1 aromatic carbocycles. The molecule has 3 rings (SSSR count). The van der Waals surface area contributed by atoms with E-state index in [9.17, 15) is 4.39 Å². The zero-order valence-corrected chi connectivity index (χ0v) is 10.4. The van der Waals surface area contributed by atoms with E-state index in [2.05, 4.69) is 5.32 Å². The van der Waals surface area contributed by atoms with E-state index in [1.807, 2.05) is 19.1 Å². The third kappa shape index (κ3) is 2.37. The maximum atomic E-state index is 13.8. The molecule has 0 aliphatic heterocycles. The van der Waals surface area contributed by atoms with Crippen molar-refractivity contribution in [3.8, 4) is 0 Å². The fourth-order valence-corrected chi connectivity index (χ4v) is 2.78. The zero-order valence-electron chi connectivity index (χ0n) is 10.4. The molecule has 2 heteroatoms. The maximum Gasteiger partial charge on any atom is 0.126 e. The van der Waals surface area contributed by atoms with Gasteiger partial charge in [0.1, 0.15) is 5.82 Å². The van der Waals surface area contributed by atoms with Crippen molar-refractivity contribution < 1.29 is 4.39 Å². The fraction of sp³-hybridized carbons (Fsp3) is 0.600. The normalized spacial score (nSPS) is 27.9. The molecule has 0 bridgehead atoms. The molecule has 2 aliphatic carbocycles. The highest BCUT2D eigenvalue weighted by molar-refractivity contribution is 5.29. The molecule has 92 valence electrons. The molecule has 1 N–H and O–H groups in total. The van der Waals surface area contributed by atoms with Crippen molar-refractivity contribution in [3.63, 3.8) is 0 Å². The number of nitrogens with one attached hydrogen (secondary N) is 1. The Hall–Kier alpha value is -0.890. The Morgan fingerprint density at radius 3 is 2.71 bits per heavy atom. The topological polar surface area (TPSA) is 12.0 Å². The predicted molar refractivity (Wildman–Crippen MR) is 67.6 cm³/mol. The van der Waals surface area contributed by atoms with E-state index >= 15 is 0 Å². The van der Waals surface area contributed by atoms with Crippen LogP contribution in [0.5, 0.6) is 0 Å². The van der Waals surface area contributed by atoms with Gasteiger partial charge in [-0.05, 0) is 62.6 Å². The Bertz CT molecular complexity index is 411. The molecule has 1 nitrogen and oxygen atoms in total. The summed E-state index contributed by atoms with van der Waals surface area (Å²) < 4.78 is 13.8. The minimum Gasteiger partial charge on any atom is -0.314 e. The summed E-state index contributed by atoms with van der Waals surface area (Å²) in [6, 6.07) is 6.27. The lowest BCUT2D eigenvalue weighted by Crippen LogP contribution is -2.35. The Kier molecular flexibility index (Phi) is 2.91. The second-order valence-corrected chi connectivity index (χ2v) is 5.65. The van der Waals surface area contributed by atoms with Crippen molar-refractivity contribution in [2.75, 3.05) is 6.54 Å². The SMILES string of the molecule is Cc1ccc(F)c(C2CCC2CNC2CC2)c1. The highest BCUT2D eigenvalue weighted by Crippen LogP contribution is 2.43. The summed E-state index contributed by atoms with van der Waals surface area (Å²) in [4.78, 5) is 0. The summed E-state index contributed by atoms with van der Waals surface area (Å²) in [5, 5.41) is 3.57. The molecule has 0 radical (unpaired) electrons. The lowest BCUT2D eigenvalue weighted by Gasteiger charge is -2.37. The zero-order chi connectivity index (χ0) is 11.8. The van der Waals surface area contributed by atoms with Gasteiger partial charge in [-0.15, -0.1) is 0 Å². The smallest absolute Gasteiger partial charge is 0.126 e. The van der Waals surface area contributed by atoms with Gasteiger partial charge in [0, 0.05) is 6.04 Å². The van der Waals surface area contributed by atoms with Crippen LogP contribution >= 0.6 is 0 Å². The Morgan fingerprint density at radius 1 is 1.24 bits per heavy atom. The first-order chi connectivity index (χ1) is 8.24. The maximum absolute atomic E-state index is 13.8. The van der Waals surface area contributed by atoms with Crippen molar-refractivity contribution in [1.82, 2.24) is 5.32 Å². The number of aryl methyl sites for hydroxylation is 1. The van der Waals surface area contributed by atoms with Gasteiger partial charge in [0.15, 0.2) is 0 Å². The molecular formula is C15H20FN.